The molecule has 0 fully saturated rings. The second kappa shape index (κ2) is 4.32. The van der Waals surface area contributed by atoms with Crippen molar-refractivity contribution in [3.8, 4) is 11.4 Å². The highest BCUT2D eigenvalue weighted by Gasteiger charge is 2.10. The second-order valence-electron chi connectivity index (χ2n) is 3.15. The molecule has 1 aromatic heterocycles. The first-order chi connectivity index (χ1) is 7.72. The lowest BCUT2D eigenvalue weighted by molar-refractivity contribution is -0.384. The van der Waals surface area contributed by atoms with Gasteiger partial charge in [-0.05, 0) is 0 Å². The van der Waals surface area contributed by atoms with E-state index < -0.39 is 4.92 Å². The maximum absolute atomic E-state index is 10.6. The number of nitro groups is 1. The summed E-state index contributed by atoms with van der Waals surface area (Å²) in [6.07, 6.45) is 3.33. The van der Waals surface area contributed by atoms with Crippen molar-refractivity contribution in [2.24, 2.45) is 0 Å². The standard InChI is InChI=1S/C10H8ClN3O2/c11-7-13-5-4-12-10(13)8-2-1-3-9(6-8)14(15)16/h1-6H,7H2. The number of non-ortho nitro benzene ring substituents is 1. The van der Waals surface area contributed by atoms with Crippen LogP contribution in [0.15, 0.2) is 36.7 Å². The number of benzene rings is 1. The molecule has 0 aliphatic carbocycles. The Morgan fingerprint density at radius 2 is 2.31 bits per heavy atom. The molecule has 16 heavy (non-hydrogen) atoms. The van der Waals surface area contributed by atoms with E-state index >= 15 is 0 Å². The molecular formula is C10H8ClN3O2. The summed E-state index contributed by atoms with van der Waals surface area (Å²) in [4.78, 5) is 14.3. The van der Waals surface area contributed by atoms with E-state index in [1.807, 2.05) is 0 Å². The first kappa shape index (κ1) is 10.6. The van der Waals surface area contributed by atoms with Gasteiger partial charge in [-0.1, -0.05) is 12.1 Å². The number of halogens is 1. The first-order valence-corrected chi connectivity index (χ1v) is 5.08. The van der Waals surface area contributed by atoms with Crippen LogP contribution >= 0.6 is 11.6 Å². The molecule has 0 aliphatic rings. The Morgan fingerprint density at radius 1 is 1.50 bits per heavy atom. The molecule has 0 unspecified atom stereocenters. The number of nitrogens with zero attached hydrogens (tertiary/aromatic N) is 3. The van der Waals surface area contributed by atoms with E-state index in [-0.39, 0.29) is 11.7 Å². The van der Waals surface area contributed by atoms with Gasteiger partial charge in [0.2, 0.25) is 0 Å². The van der Waals surface area contributed by atoms with Crippen LogP contribution in [0.4, 0.5) is 5.69 Å². The van der Waals surface area contributed by atoms with Crippen LogP contribution in [0.2, 0.25) is 0 Å². The molecule has 0 saturated heterocycles. The third-order valence-electron chi connectivity index (χ3n) is 2.16. The number of aromatic nitrogens is 2. The van der Waals surface area contributed by atoms with Crippen molar-refractivity contribution >= 4 is 17.3 Å². The average molecular weight is 238 g/mol. The van der Waals surface area contributed by atoms with Gasteiger partial charge in [0.25, 0.3) is 5.69 Å². The minimum atomic E-state index is -0.433. The lowest BCUT2D eigenvalue weighted by Crippen LogP contribution is -1.95. The van der Waals surface area contributed by atoms with Gasteiger partial charge in [-0.3, -0.25) is 10.1 Å². The van der Waals surface area contributed by atoms with Gasteiger partial charge in [-0.25, -0.2) is 4.98 Å². The van der Waals surface area contributed by atoms with E-state index in [0.717, 1.165) is 0 Å². The Bertz CT molecular complexity index is 524. The van der Waals surface area contributed by atoms with E-state index in [0.29, 0.717) is 11.4 Å². The van der Waals surface area contributed by atoms with Gasteiger partial charge in [0.15, 0.2) is 0 Å². The third kappa shape index (κ3) is 1.90. The van der Waals surface area contributed by atoms with Crippen molar-refractivity contribution in [1.29, 1.82) is 0 Å². The summed E-state index contributed by atoms with van der Waals surface area (Å²) in [7, 11) is 0. The summed E-state index contributed by atoms with van der Waals surface area (Å²) < 4.78 is 1.71. The van der Waals surface area contributed by atoms with Crippen molar-refractivity contribution in [2.45, 2.75) is 6.00 Å². The van der Waals surface area contributed by atoms with Crippen LogP contribution in [0.5, 0.6) is 0 Å². The van der Waals surface area contributed by atoms with Crippen LogP contribution < -0.4 is 0 Å². The van der Waals surface area contributed by atoms with E-state index in [9.17, 15) is 10.1 Å². The minimum Gasteiger partial charge on any atom is -0.317 e. The Hall–Kier alpha value is -1.88. The lowest BCUT2D eigenvalue weighted by Gasteiger charge is -2.03. The molecule has 0 N–H and O–H groups in total. The number of rotatable bonds is 3. The Kier molecular flexibility index (Phi) is 2.87. The maximum atomic E-state index is 10.6. The highest BCUT2D eigenvalue weighted by atomic mass is 35.5. The largest absolute Gasteiger partial charge is 0.317 e. The van der Waals surface area contributed by atoms with Crippen LogP contribution in [0, 0.1) is 10.1 Å². The van der Waals surface area contributed by atoms with Crippen LogP contribution in [-0.4, -0.2) is 14.5 Å². The molecule has 0 amide bonds. The molecule has 0 aliphatic heterocycles. The van der Waals surface area contributed by atoms with Gasteiger partial charge in [-0.15, -0.1) is 11.6 Å². The van der Waals surface area contributed by atoms with Gasteiger partial charge < -0.3 is 4.57 Å². The van der Waals surface area contributed by atoms with Crippen LogP contribution in [0.3, 0.4) is 0 Å². The normalized spacial score (nSPS) is 10.3. The average Bonchev–Trinajstić information content (AvgIpc) is 2.77. The minimum absolute atomic E-state index is 0.0432. The van der Waals surface area contributed by atoms with Crippen molar-refractivity contribution < 1.29 is 4.92 Å². The fraction of sp³-hybridized carbons (Fsp3) is 0.100. The molecule has 6 heteroatoms. The van der Waals surface area contributed by atoms with Crippen LogP contribution in [0.25, 0.3) is 11.4 Å². The number of hydrogen-bond donors (Lipinski definition) is 0. The zero-order valence-electron chi connectivity index (χ0n) is 8.21. The molecule has 0 atom stereocenters. The summed E-state index contributed by atoms with van der Waals surface area (Å²) >= 11 is 5.71. The highest BCUT2D eigenvalue weighted by molar-refractivity contribution is 6.15. The Balaban J connectivity index is 2.48. The molecule has 0 radical (unpaired) electrons. The number of nitro benzene ring substituents is 1. The van der Waals surface area contributed by atoms with Crippen molar-refractivity contribution in [3.63, 3.8) is 0 Å². The highest BCUT2D eigenvalue weighted by Crippen LogP contribution is 2.22. The summed E-state index contributed by atoms with van der Waals surface area (Å²) in [6.45, 7) is 0. The summed E-state index contributed by atoms with van der Waals surface area (Å²) in [5.41, 5.74) is 0.724. The molecule has 0 bridgehead atoms. The van der Waals surface area contributed by atoms with Gasteiger partial charge in [-0.2, -0.15) is 0 Å². The number of alkyl halides is 1. The molecule has 0 spiro atoms. The molecule has 0 saturated carbocycles. The maximum Gasteiger partial charge on any atom is 0.270 e. The van der Waals surface area contributed by atoms with Crippen molar-refractivity contribution in [3.05, 3.63) is 46.8 Å². The monoisotopic (exact) mass is 237 g/mol. The number of imidazole rings is 1. The SMILES string of the molecule is O=[N+]([O-])c1cccc(-c2nccn2CCl)c1. The lowest BCUT2D eigenvalue weighted by atomic mass is 10.2. The first-order valence-electron chi connectivity index (χ1n) is 4.54. The molecule has 2 rings (SSSR count). The molecule has 1 aromatic carbocycles. The number of hydrogen-bond acceptors (Lipinski definition) is 3. The van der Waals surface area contributed by atoms with Gasteiger partial charge in [0.1, 0.15) is 5.82 Å². The summed E-state index contributed by atoms with van der Waals surface area (Å²) in [5.74, 6) is 0.624. The molecule has 1 heterocycles. The molecule has 82 valence electrons. The molecule has 2 aromatic rings. The van der Waals surface area contributed by atoms with E-state index in [1.165, 1.54) is 12.1 Å². The quantitative estimate of drug-likeness (QED) is 0.468. The van der Waals surface area contributed by atoms with E-state index in [4.69, 9.17) is 11.6 Å². The van der Waals surface area contributed by atoms with Gasteiger partial charge in [0, 0.05) is 30.1 Å². The smallest absolute Gasteiger partial charge is 0.270 e. The Labute approximate surface area is 96.4 Å². The van der Waals surface area contributed by atoms with Crippen molar-refractivity contribution in [1.82, 2.24) is 9.55 Å². The van der Waals surface area contributed by atoms with Gasteiger partial charge >= 0.3 is 0 Å². The van der Waals surface area contributed by atoms with E-state index in [1.54, 1.807) is 29.1 Å². The fourth-order valence-electron chi connectivity index (χ4n) is 1.42. The topological polar surface area (TPSA) is 61.0 Å². The van der Waals surface area contributed by atoms with Crippen molar-refractivity contribution in [2.75, 3.05) is 0 Å². The second-order valence-corrected chi connectivity index (χ2v) is 3.39. The van der Waals surface area contributed by atoms with Crippen LogP contribution in [-0.2, 0) is 6.00 Å². The van der Waals surface area contributed by atoms with Gasteiger partial charge in [0.05, 0.1) is 10.9 Å². The predicted octanol–water partition coefficient (Wildman–Crippen LogP) is 2.65. The zero-order valence-corrected chi connectivity index (χ0v) is 8.96. The molecular weight excluding hydrogens is 230 g/mol. The zero-order chi connectivity index (χ0) is 11.5. The fourth-order valence-corrected chi connectivity index (χ4v) is 1.62. The molecule has 5 nitrogen and oxygen atoms in total. The predicted molar refractivity (Wildman–Crippen MR) is 60.2 cm³/mol. The Morgan fingerprint density at radius 3 is 3.00 bits per heavy atom. The van der Waals surface area contributed by atoms with Crippen LogP contribution in [0.1, 0.15) is 0 Å². The summed E-state index contributed by atoms with van der Waals surface area (Å²) in [5, 5.41) is 10.6. The van der Waals surface area contributed by atoms with E-state index in [2.05, 4.69) is 4.98 Å². The third-order valence-corrected chi connectivity index (χ3v) is 2.42. The summed E-state index contributed by atoms with van der Waals surface area (Å²) in [6, 6.07) is 6.57.